The summed E-state index contributed by atoms with van der Waals surface area (Å²) in [5, 5.41) is 11.5. The number of thioether (sulfide) groups is 1. The molecule has 0 spiro atoms. The summed E-state index contributed by atoms with van der Waals surface area (Å²) in [4.78, 5) is 15.3. The minimum atomic E-state index is -0.642. The molecule has 94 valence electrons. The first-order valence-corrected chi connectivity index (χ1v) is 6.58. The zero-order valence-corrected chi connectivity index (χ0v) is 10.3. The number of amides is 1. The Labute approximate surface area is 104 Å². The van der Waals surface area contributed by atoms with Crippen LogP contribution in [0.1, 0.15) is 16.8 Å². The molecule has 17 heavy (non-hydrogen) atoms. The Kier molecular flexibility index (Phi) is 5.93. The lowest BCUT2D eigenvalue weighted by Crippen LogP contribution is -2.37. The first kappa shape index (κ1) is 13.9. The van der Waals surface area contributed by atoms with E-state index in [9.17, 15) is 9.18 Å². The molecule has 1 unspecified atom stereocenters. The van der Waals surface area contributed by atoms with Crippen LogP contribution >= 0.6 is 11.8 Å². The molecule has 0 fully saturated rings. The molecule has 0 aliphatic rings. The molecule has 1 atom stereocenters. The van der Waals surface area contributed by atoms with Crippen LogP contribution in [0.4, 0.5) is 4.39 Å². The van der Waals surface area contributed by atoms with Gasteiger partial charge in [0.05, 0.1) is 11.8 Å². The number of carbonyl (C=O) groups is 1. The smallest absolute Gasteiger partial charge is 0.254 e. The molecular weight excluding hydrogens is 243 g/mol. The SMILES string of the molecule is CSCC(CCO)NC(=O)c1ccncc1F. The monoisotopic (exact) mass is 258 g/mol. The highest BCUT2D eigenvalue weighted by Gasteiger charge is 2.15. The fraction of sp³-hybridized carbons (Fsp3) is 0.455. The summed E-state index contributed by atoms with van der Waals surface area (Å²) in [5.74, 6) is -0.437. The van der Waals surface area contributed by atoms with E-state index < -0.39 is 11.7 Å². The quantitative estimate of drug-likeness (QED) is 0.801. The van der Waals surface area contributed by atoms with Gasteiger partial charge in [-0.05, 0) is 18.7 Å². The summed E-state index contributed by atoms with van der Waals surface area (Å²) < 4.78 is 13.3. The number of nitrogens with one attached hydrogen (secondary N) is 1. The molecule has 0 aromatic carbocycles. The van der Waals surface area contributed by atoms with E-state index in [1.54, 1.807) is 11.8 Å². The third-order valence-corrected chi connectivity index (χ3v) is 2.93. The fourth-order valence-corrected chi connectivity index (χ4v) is 2.03. The molecule has 4 nitrogen and oxygen atoms in total. The Bertz CT molecular complexity index is 370. The van der Waals surface area contributed by atoms with Crippen LogP contribution < -0.4 is 5.32 Å². The Morgan fingerprint density at radius 2 is 2.47 bits per heavy atom. The second-order valence-electron chi connectivity index (χ2n) is 3.49. The first-order chi connectivity index (χ1) is 8.19. The molecule has 0 aliphatic carbocycles. The molecule has 2 N–H and O–H groups in total. The Morgan fingerprint density at radius 1 is 1.71 bits per heavy atom. The Hall–Kier alpha value is -1.14. The van der Waals surface area contributed by atoms with Gasteiger partial charge < -0.3 is 10.4 Å². The molecule has 1 rings (SSSR count). The number of aliphatic hydroxyl groups is 1. The van der Waals surface area contributed by atoms with E-state index in [-0.39, 0.29) is 18.2 Å². The number of hydrogen-bond acceptors (Lipinski definition) is 4. The van der Waals surface area contributed by atoms with Crippen molar-refractivity contribution < 1.29 is 14.3 Å². The third kappa shape index (κ3) is 4.32. The lowest BCUT2D eigenvalue weighted by atomic mass is 10.2. The maximum absolute atomic E-state index is 13.3. The summed E-state index contributed by atoms with van der Waals surface area (Å²) in [6, 6.07) is 1.18. The van der Waals surface area contributed by atoms with Crippen molar-refractivity contribution in [2.45, 2.75) is 12.5 Å². The minimum Gasteiger partial charge on any atom is -0.396 e. The first-order valence-electron chi connectivity index (χ1n) is 5.19. The average Bonchev–Trinajstić information content (AvgIpc) is 2.30. The predicted octanol–water partition coefficient (Wildman–Crippen LogP) is 1.06. The summed E-state index contributed by atoms with van der Waals surface area (Å²) in [7, 11) is 0. The van der Waals surface area contributed by atoms with Crippen molar-refractivity contribution in [2.75, 3.05) is 18.6 Å². The van der Waals surface area contributed by atoms with Gasteiger partial charge in [-0.25, -0.2) is 4.39 Å². The van der Waals surface area contributed by atoms with Gasteiger partial charge in [0, 0.05) is 24.6 Å². The van der Waals surface area contributed by atoms with Gasteiger partial charge in [-0.1, -0.05) is 0 Å². The normalized spacial score (nSPS) is 12.2. The second-order valence-corrected chi connectivity index (χ2v) is 4.40. The standard InChI is InChI=1S/C11H15FN2O2S/c1-17-7-8(3-5-15)14-11(16)9-2-4-13-6-10(9)12/h2,4,6,8,15H,3,5,7H2,1H3,(H,14,16). The van der Waals surface area contributed by atoms with Crippen LogP contribution in [0.15, 0.2) is 18.5 Å². The molecule has 6 heteroatoms. The van der Waals surface area contributed by atoms with Gasteiger partial charge in [-0.3, -0.25) is 9.78 Å². The molecule has 0 radical (unpaired) electrons. The minimum absolute atomic E-state index is 0.00959. The molecule has 0 saturated heterocycles. The topological polar surface area (TPSA) is 62.2 Å². The van der Waals surface area contributed by atoms with Gasteiger partial charge in [-0.2, -0.15) is 11.8 Å². The van der Waals surface area contributed by atoms with Gasteiger partial charge in [-0.15, -0.1) is 0 Å². The number of carbonyl (C=O) groups excluding carboxylic acids is 1. The molecule has 0 bridgehead atoms. The van der Waals surface area contributed by atoms with Crippen LogP contribution in [0.25, 0.3) is 0 Å². The van der Waals surface area contributed by atoms with E-state index in [2.05, 4.69) is 10.3 Å². The van der Waals surface area contributed by atoms with Gasteiger partial charge in [0.1, 0.15) is 0 Å². The van der Waals surface area contributed by atoms with Crippen LogP contribution in [0.5, 0.6) is 0 Å². The Morgan fingerprint density at radius 3 is 3.06 bits per heavy atom. The van der Waals surface area contributed by atoms with Crippen LogP contribution in [-0.2, 0) is 0 Å². The number of nitrogens with zero attached hydrogens (tertiary/aromatic N) is 1. The van der Waals surface area contributed by atoms with Crippen molar-refractivity contribution in [3.05, 3.63) is 29.8 Å². The van der Waals surface area contributed by atoms with Crippen LogP contribution in [0, 0.1) is 5.82 Å². The van der Waals surface area contributed by atoms with Crippen molar-refractivity contribution in [1.29, 1.82) is 0 Å². The highest BCUT2D eigenvalue weighted by Crippen LogP contribution is 2.07. The van der Waals surface area contributed by atoms with Gasteiger partial charge >= 0.3 is 0 Å². The molecule has 1 aromatic rings. The van der Waals surface area contributed by atoms with Crippen LogP contribution in [-0.4, -0.2) is 40.7 Å². The van der Waals surface area contributed by atoms with Gasteiger partial charge in [0.25, 0.3) is 5.91 Å². The fourth-order valence-electron chi connectivity index (χ4n) is 1.38. The molecule has 1 aromatic heterocycles. The zero-order valence-electron chi connectivity index (χ0n) is 9.52. The van der Waals surface area contributed by atoms with E-state index >= 15 is 0 Å². The summed E-state index contributed by atoms with van der Waals surface area (Å²) in [5.41, 5.74) is -0.0240. The zero-order chi connectivity index (χ0) is 12.7. The molecular formula is C11H15FN2O2S. The number of hydrogen-bond donors (Lipinski definition) is 2. The number of rotatable bonds is 6. The largest absolute Gasteiger partial charge is 0.396 e. The van der Waals surface area contributed by atoms with Crippen LogP contribution in [0.2, 0.25) is 0 Å². The highest BCUT2D eigenvalue weighted by molar-refractivity contribution is 7.98. The highest BCUT2D eigenvalue weighted by atomic mass is 32.2. The van der Waals surface area contributed by atoms with Crippen molar-refractivity contribution in [3.63, 3.8) is 0 Å². The number of pyridine rings is 1. The molecule has 0 aliphatic heterocycles. The average molecular weight is 258 g/mol. The summed E-state index contributed by atoms with van der Waals surface area (Å²) in [6.07, 6.45) is 4.74. The van der Waals surface area contributed by atoms with Crippen molar-refractivity contribution in [2.24, 2.45) is 0 Å². The van der Waals surface area contributed by atoms with E-state index in [1.165, 1.54) is 12.3 Å². The molecule has 1 amide bonds. The second kappa shape index (κ2) is 7.24. The van der Waals surface area contributed by atoms with E-state index in [4.69, 9.17) is 5.11 Å². The predicted molar refractivity (Wildman–Crippen MR) is 65.5 cm³/mol. The summed E-state index contributed by atoms with van der Waals surface area (Å²) in [6.45, 7) is -0.00959. The maximum Gasteiger partial charge on any atom is 0.254 e. The summed E-state index contributed by atoms with van der Waals surface area (Å²) >= 11 is 1.56. The van der Waals surface area contributed by atoms with Crippen molar-refractivity contribution >= 4 is 17.7 Å². The third-order valence-electron chi connectivity index (χ3n) is 2.20. The van der Waals surface area contributed by atoms with Crippen molar-refractivity contribution in [3.8, 4) is 0 Å². The number of aromatic nitrogens is 1. The van der Waals surface area contributed by atoms with Gasteiger partial charge in [0.15, 0.2) is 5.82 Å². The van der Waals surface area contributed by atoms with Crippen molar-refractivity contribution in [1.82, 2.24) is 10.3 Å². The Balaban J connectivity index is 2.67. The lowest BCUT2D eigenvalue weighted by molar-refractivity contribution is 0.0931. The van der Waals surface area contributed by atoms with Gasteiger partial charge in [0.2, 0.25) is 0 Å². The lowest BCUT2D eigenvalue weighted by Gasteiger charge is -2.16. The molecule has 0 saturated carbocycles. The number of halogens is 1. The van der Waals surface area contributed by atoms with E-state index in [0.717, 1.165) is 6.20 Å². The van der Waals surface area contributed by atoms with E-state index in [0.29, 0.717) is 12.2 Å². The number of aliphatic hydroxyl groups excluding tert-OH is 1. The molecule has 1 heterocycles. The van der Waals surface area contributed by atoms with Crippen LogP contribution in [0.3, 0.4) is 0 Å². The van der Waals surface area contributed by atoms with E-state index in [1.807, 2.05) is 6.26 Å². The maximum atomic E-state index is 13.3.